The van der Waals surface area contributed by atoms with E-state index in [1.54, 1.807) is 19.2 Å². The van der Waals surface area contributed by atoms with Gasteiger partial charge in [0.05, 0.1) is 7.11 Å². The van der Waals surface area contributed by atoms with Crippen LogP contribution in [-0.2, 0) is 14.3 Å². The molecule has 0 aromatic heterocycles. The number of likely N-dealkylation sites (N-methyl/N-ethyl adjacent to an activating group) is 1. The molecule has 0 bridgehead atoms. The van der Waals surface area contributed by atoms with Crippen molar-refractivity contribution in [3.63, 3.8) is 0 Å². The number of rotatable bonds is 2. The maximum Gasteiger partial charge on any atom is 0.359 e. The van der Waals surface area contributed by atoms with Crippen molar-refractivity contribution in [3.8, 4) is 0 Å². The zero-order valence-corrected chi connectivity index (χ0v) is 16.3. The third-order valence-corrected chi connectivity index (χ3v) is 5.73. The summed E-state index contributed by atoms with van der Waals surface area (Å²) < 4.78 is 4.87. The molecule has 0 saturated carbocycles. The first kappa shape index (κ1) is 18.9. The van der Waals surface area contributed by atoms with Gasteiger partial charge in [0.25, 0.3) is 0 Å². The normalized spacial score (nSPS) is 28.0. The second kappa shape index (κ2) is 6.39. The lowest BCUT2D eigenvalue weighted by Crippen LogP contribution is -2.58. The third-order valence-electron chi connectivity index (χ3n) is 5.48. The number of ether oxygens (including phenoxy) is 1. The molecule has 0 spiro atoms. The lowest BCUT2D eigenvalue weighted by molar-refractivity contribution is -0.185. The molecule has 6 heteroatoms. The minimum atomic E-state index is -1.81. The van der Waals surface area contributed by atoms with Crippen molar-refractivity contribution < 1.29 is 19.4 Å². The molecule has 0 saturated heterocycles. The predicted molar refractivity (Wildman–Crippen MR) is 98.6 cm³/mol. The van der Waals surface area contributed by atoms with E-state index in [0.717, 1.165) is 5.56 Å². The van der Waals surface area contributed by atoms with Gasteiger partial charge in [-0.2, -0.15) is 0 Å². The van der Waals surface area contributed by atoms with E-state index in [-0.39, 0.29) is 23.5 Å². The van der Waals surface area contributed by atoms with Crippen molar-refractivity contribution >= 4 is 23.4 Å². The molecule has 2 aliphatic rings. The van der Waals surface area contributed by atoms with E-state index in [9.17, 15) is 14.7 Å². The Hall–Kier alpha value is -1.85. The van der Waals surface area contributed by atoms with Crippen LogP contribution in [0.5, 0.6) is 0 Å². The fraction of sp³-hybridized carbons (Fsp3) is 0.500. The quantitative estimate of drug-likeness (QED) is 0.801. The number of allylic oxidation sites excluding steroid dienone is 2. The van der Waals surface area contributed by atoms with Crippen molar-refractivity contribution in [2.75, 3.05) is 14.2 Å². The average Bonchev–Trinajstić information content (AvgIpc) is 2.57. The van der Waals surface area contributed by atoms with Gasteiger partial charge in [-0.25, -0.2) is 4.79 Å². The Bertz CT molecular complexity index is 784. The second-order valence-electron chi connectivity index (χ2n) is 7.98. The number of benzene rings is 1. The van der Waals surface area contributed by atoms with Gasteiger partial charge >= 0.3 is 5.97 Å². The molecule has 0 fully saturated rings. The number of nitrogens with zero attached hydrogens (tertiary/aromatic N) is 1. The van der Waals surface area contributed by atoms with E-state index >= 15 is 0 Å². The highest BCUT2D eigenvalue weighted by Crippen LogP contribution is 2.50. The summed E-state index contributed by atoms with van der Waals surface area (Å²) in [7, 11) is 2.91. The van der Waals surface area contributed by atoms with Gasteiger partial charge < -0.3 is 14.7 Å². The van der Waals surface area contributed by atoms with E-state index in [1.807, 2.05) is 26.0 Å². The zero-order chi connectivity index (χ0) is 19.3. The van der Waals surface area contributed by atoms with E-state index in [0.29, 0.717) is 29.1 Å². The first-order chi connectivity index (χ1) is 12.1. The highest BCUT2D eigenvalue weighted by atomic mass is 35.5. The van der Waals surface area contributed by atoms with Crippen LogP contribution < -0.4 is 0 Å². The van der Waals surface area contributed by atoms with Crippen molar-refractivity contribution in [2.45, 2.75) is 44.8 Å². The Kier molecular flexibility index (Phi) is 4.65. The number of hydrogen-bond donors (Lipinski definition) is 1. The number of aliphatic hydroxyl groups is 1. The molecular weight excluding hydrogens is 354 g/mol. The monoisotopic (exact) mass is 377 g/mol. The summed E-state index contributed by atoms with van der Waals surface area (Å²) in [5, 5.41) is 11.8. The van der Waals surface area contributed by atoms with Gasteiger partial charge in [0.1, 0.15) is 0 Å². The molecule has 1 aromatic carbocycles. The molecule has 1 aromatic rings. The van der Waals surface area contributed by atoms with Crippen molar-refractivity contribution in [2.24, 2.45) is 5.41 Å². The summed E-state index contributed by atoms with van der Waals surface area (Å²) in [6.07, 6.45) is 1.11. The number of esters is 1. The number of hydrogen-bond acceptors (Lipinski definition) is 5. The van der Waals surface area contributed by atoms with E-state index < -0.39 is 11.7 Å². The maximum absolute atomic E-state index is 13.0. The molecule has 1 aliphatic heterocycles. The summed E-state index contributed by atoms with van der Waals surface area (Å²) in [4.78, 5) is 26.9. The molecule has 1 N–H and O–H groups in total. The van der Waals surface area contributed by atoms with Gasteiger partial charge in [-0.05, 0) is 29.5 Å². The van der Waals surface area contributed by atoms with Gasteiger partial charge in [-0.1, -0.05) is 37.6 Å². The second-order valence-corrected chi connectivity index (χ2v) is 8.41. The summed E-state index contributed by atoms with van der Waals surface area (Å²) in [5.74, 6) is -1.04. The van der Waals surface area contributed by atoms with Gasteiger partial charge in [0.15, 0.2) is 5.78 Å². The Morgan fingerprint density at radius 1 is 1.27 bits per heavy atom. The summed E-state index contributed by atoms with van der Waals surface area (Å²) in [5.41, 5.74) is 0.202. The molecule has 5 nitrogen and oxygen atoms in total. The van der Waals surface area contributed by atoms with Crippen LogP contribution >= 0.6 is 11.6 Å². The van der Waals surface area contributed by atoms with Gasteiger partial charge in [0, 0.05) is 42.1 Å². The first-order valence-electron chi connectivity index (χ1n) is 8.65. The van der Waals surface area contributed by atoms with Crippen LogP contribution in [0.15, 0.2) is 35.5 Å². The SMILES string of the molecule is COC(=O)[C@]1(O)C[C@@H](c2ccc(Cl)cc2)C2=C(CC(C)(C)CC2=O)N1C. The van der Waals surface area contributed by atoms with Crippen LogP contribution in [0.3, 0.4) is 0 Å². The summed E-state index contributed by atoms with van der Waals surface area (Å²) in [6, 6.07) is 7.19. The fourth-order valence-electron chi connectivity index (χ4n) is 4.11. The Balaban J connectivity index is 2.18. The van der Waals surface area contributed by atoms with Crippen LogP contribution in [-0.4, -0.2) is 41.6 Å². The van der Waals surface area contributed by atoms with Crippen molar-refractivity contribution in [1.82, 2.24) is 4.90 Å². The largest absolute Gasteiger partial charge is 0.465 e. The number of Topliss-reactive ketones (excluding diaryl/α,β-unsaturated/α-hetero) is 1. The van der Waals surface area contributed by atoms with Crippen LogP contribution in [0.4, 0.5) is 0 Å². The number of methoxy groups -OCH3 is 1. The van der Waals surface area contributed by atoms with Crippen molar-refractivity contribution in [1.29, 1.82) is 0 Å². The molecule has 0 radical (unpaired) electrons. The predicted octanol–water partition coefficient (Wildman–Crippen LogP) is 3.26. The number of halogens is 1. The minimum Gasteiger partial charge on any atom is -0.465 e. The summed E-state index contributed by atoms with van der Waals surface area (Å²) in [6.45, 7) is 4.04. The Morgan fingerprint density at radius 3 is 2.46 bits per heavy atom. The average molecular weight is 378 g/mol. The molecule has 140 valence electrons. The van der Waals surface area contributed by atoms with Crippen LogP contribution in [0.1, 0.15) is 44.6 Å². The molecule has 1 aliphatic carbocycles. The number of ketones is 1. The topological polar surface area (TPSA) is 66.8 Å². The van der Waals surface area contributed by atoms with Crippen LogP contribution in [0.2, 0.25) is 5.02 Å². The lowest BCUT2D eigenvalue weighted by Gasteiger charge is -2.49. The Labute approximate surface area is 158 Å². The number of carbonyl (C=O) groups is 2. The first-order valence-corrected chi connectivity index (χ1v) is 9.03. The highest BCUT2D eigenvalue weighted by molar-refractivity contribution is 6.30. The number of carbonyl (C=O) groups excluding carboxylic acids is 2. The van der Waals surface area contributed by atoms with E-state index in [4.69, 9.17) is 16.3 Å². The molecule has 0 amide bonds. The molecule has 0 unspecified atom stereocenters. The van der Waals surface area contributed by atoms with Crippen LogP contribution in [0, 0.1) is 5.41 Å². The van der Waals surface area contributed by atoms with Gasteiger partial charge in [0.2, 0.25) is 5.72 Å². The lowest BCUT2D eigenvalue weighted by atomic mass is 9.67. The molecular formula is C20H24ClNO4. The summed E-state index contributed by atoms with van der Waals surface area (Å²) >= 11 is 6.00. The van der Waals surface area contributed by atoms with E-state index in [1.165, 1.54) is 12.0 Å². The maximum atomic E-state index is 13.0. The van der Waals surface area contributed by atoms with Crippen LogP contribution in [0.25, 0.3) is 0 Å². The van der Waals surface area contributed by atoms with Gasteiger partial charge in [-0.15, -0.1) is 0 Å². The molecule has 26 heavy (non-hydrogen) atoms. The zero-order valence-electron chi connectivity index (χ0n) is 15.5. The molecule has 1 heterocycles. The third kappa shape index (κ3) is 3.03. The highest BCUT2D eigenvalue weighted by Gasteiger charge is 2.53. The standard InChI is InChI=1S/C20H24ClNO4/c1-19(2)10-15-17(16(23)11-19)14(12-5-7-13(21)8-6-12)9-20(25,22(15)3)18(24)26-4/h5-8,14,25H,9-11H2,1-4H3/t14-,20+/m0/s1. The molecule has 2 atom stereocenters. The molecule has 3 rings (SSSR count). The minimum absolute atomic E-state index is 0.0583. The fourth-order valence-corrected chi connectivity index (χ4v) is 4.23. The van der Waals surface area contributed by atoms with Gasteiger partial charge in [-0.3, -0.25) is 4.79 Å². The smallest absolute Gasteiger partial charge is 0.359 e. The van der Waals surface area contributed by atoms with Crippen molar-refractivity contribution in [3.05, 3.63) is 46.1 Å². The van der Waals surface area contributed by atoms with E-state index in [2.05, 4.69) is 0 Å². The Morgan fingerprint density at radius 2 is 1.88 bits per heavy atom.